The fourth-order valence-corrected chi connectivity index (χ4v) is 0.927. The normalized spacial score (nSPS) is 13.7. The first-order chi connectivity index (χ1) is 7.38. The standard InChI is InChI=1S/C9H16N2O5/c1-3-16-9(15)5(2)11-8(14)6(10)4-7(12)13/h5-6H,3-4,10H2,1-2H3,(H,11,14)(H,12,13)/t5-,6-/m1/s1. The van der Waals surface area contributed by atoms with Crippen molar-refractivity contribution < 1.29 is 24.2 Å². The molecule has 0 unspecified atom stereocenters. The van der Waals surface area contributed by atoms with E-state index in [1.165, 1.54) is 6.92 Å². The van der Waals surface area contributed by atoms with Gasteiger partial charge in [-0.1, -0.05) is 0 Å². The second-order valence-electron chi connectivity index (χ2n) is 3.19. The summed E-state index contributed by atoms with van der Waals surface area (Å²) in [6, 6.07) is -2.01. The Morgan fingerprint density at radius 2 is 2.00 bits per heavy atom. The lowest BCUT2D eigenvalue weighted by Crippen LogP contribution is -2.48. The Kier molecular flexibility index (Phi) is 6.09. The van der Waals surface area contributed by atoms with E-state index in [2.05, 4.69) is 10.1 Å². The first-order valence-electron chi connectivity index (χ1n) is 4.82. The summed E-state index contributed by atoms with van der Waals surface area (Å²) < 4.78 is 4.65. The number of nitrogens with two attached hydrogens (primary N) is 1. The van der Waals surface area contributed by atoms with Gasteiger partial charge in [0.05, 0.1) is 19.1 Å². The Morgan fingerprint density at radius 1 is 1.44 bits per heavy atom. The van der Waals surface area contributed by atoms with Crippen LogP contribution < -0.4 is 11.1 Å². The summed E-state index contributed by atoms with van der Waals surface area (Å²) in [5.74, 6) is -2.45. The van der Waals surface area contributed by atoms with Crippen LogP contribution in [0.25, 0.3) is 0 Å². The minimum Gasteiger partial charge on any atom is -0.481 e. The molecule has 0 aromatic heterocycles. The number of nitrogens with one attached hydrogen (secondary N) is 1. The monoisotopic (exact) mass is 232 g/mol. The second-order valence-corrected chi connectivity index (χ2v) is 3.19. The highest BCUT2D eigenvalue weighted by molar-refractivity contribution is 5.89. The van der Waals surface area contributed by atoms with Crippen molar-refractivity contribution in [3.05, 3.63) is 0 Å². The molecule has 0 aliphatic heterocycles. The quantitative estimate of drug-likeness (QED) is 0.498. The third-order valence-corrected chi connectivity index (χ3v) is 1.73. The Morgan fingerprint density at radius 3 is 2.44 bits per heavy atom. The molecule has 7 nitrogen and oxygen atoms in total. The van der Waals surface area contributed by atoms with E-state index in [1.54, 1.807) is 6.92 Å². The Labute approximate surface area is 92.9 Å². The number of ether oxygens (including phenoxy) is 1. The van der Waals surface area contributed by atoms with E-state index < -0.39 is 36.4 Å². The molecule has 0 fully saturated rings. The molecule has 0 aromatic carbocycles. The molecule has 0 saturated carbocycles. The van der Waals surface area contributed by atoms with Crippen molar-refractivity contribution in [2.24, 2.45) is 5.73 Å². The smallest absolute Gasteiger partial charge is 0.328 e. The van der Waals surface area contributed by atoms with Gasteiger partial charge < -0.3 is 20.9 Å². The summed E-state index contributed by atoms with van der Waals surface area (Å²) >= 11 is 0. The second kappa shape index (κ2) is 6.78. The van der Waals surface area contributed by atoms with Crippen molar-refractivity contribution >= 4 is 17.8 Å². The van der Waals surface area contributed by atoms with Crippen LogP contribution in [-0.4, -0.2) is 41.6 Å². The average molecular weight is 232 g/mol. The van der Waals surface area contributed by atoms with Crippen LogP contribution in [0, 0.1) is 0 Å². The first kappa shape index (κ1) is 14.4. The van der Waals surface area contributed by atoms with Crippen LogP contribution in [0.5, 0.6) is 0 Å². The predicted octanol–water partition coefficient (Wildman–Crippen LogP) is -1.14. The number of hydrogen-bond acceptors (Lipinski definition) is 5. The van der Waals surface area contributed by atoms with Gasteiger partial charge in [-0.2, -0.15) is 0 Å². The van der Waals surface area contributed by atoms with Gasteiger partial charge in [0.15, 0.2) is 0 Å². The molecule has 7 heteroatoms. The van der Waals surface area contributed by atoms with Gasteiger partial charge >= 0.3 is 11.9 Å². The molecular formula is C9H16N2O5. The first-order valence-corrected chi connectivity index (χ1v) is 4.82. The highest BCUT2D eigenvalue weighted by Gasteiger charge is 2.22. The molecule has 0 heterocycles. The molecular weight excluding hydrogens is 216 g/mol. The molecule has 0 spiro atoms. The highest BCUT2D eigenvalue weighted by atomic mass is 16.5. The summed E-state index contributed by atoms with van der Waals surface area (Å²) in [4.78, 5) is 32.7. The van der Waals surface area contributed by atoms with Gasteiger partial charge in [0.25, 0.3) is 0 Å². The van der Waals surface area contributed by atoms with E-state index in [0.717, 1.165) is 0 Å². The van der Waals surface area contributed by atoms with Crippen LogP contribution >= 0.6 is 0 Å². The number of aliphatic carboxylic acids is 1. The number of hydrogen-bond donors (Lipinski definition) is 3. The Bertz CT molecular complexity index is 279. The van der Waals surface area contributed by atoms with E-state index in [-0.39, 0.29) is 6.61 Å². The number of rotatable bonds is 6. The summed E-state index contributed by atoms with van der Waals surface area (Å²) in [6.45, 7) is 3.28. The zero-order valence-electron chi connectivity index (χ0n) is 9.23. The maximum Gasteiger partial charge on any atom is 0.328 e. The minimum absolute atomic E-state index is 0.209. The van der Waals surface area contributed by atoms with E-state index >= 15 is 0 Å². The van der Waals surface area contributed by atoms with Crippen LogP contribution in [-0.2, 0) is 19.1 Å². The van der Waals surface area contributed by atoms with E-state index in [0.29, 0.717) is 0 Å². The Hall–Kier alpha value is -1.63. The van der Waals surface area contributed by atoms with Gasteiger partial charge in [-0.05, 0) is 13.8 Å². The van der Waals surface area contributed by atoms with Crippen molar-refractivity contribution in [1.29, 1.82) is 0 Å². The molecule has 4 N–H and O–H groups in total. The van der Waals surface area contributed by atoms with Crippen LogP contribution in [0.1, 0.15) is 20.3 Å². The summed E-state index contributed by atoms with van der Waals surface area (Å²) in [5, 5.41) is 10.7. The van der Waals surface area contributed by atoms with Crippen molar-refractivity contribution in [2.75, 3.05) is 6.61 Å². The summed E-state index contributed by atoms with van der Waals surface area (Å²) in [6.07, 6.45) is -0.485. The van der Waals surface area contributed by atoms with Crippen LogP contribution in [0.4, 0.5) is 0 Å². The van der Waals surface area contributed by atoms with Crippen molar-refractivity contribution in [3.63, 3.8) is 0 Å². The van der Waals surface area contributed by atoms with Crippen molar-refractivity contribution in [1.82, 2.24) is 5.32 Å². The maximum absolute atomic E-state index is 11.3. The van der Waals surface area contributed by atoms with E-state index in [9.17, 15) is 14.4 Å². The SMILES string of the molecule is CCOC(=O)[C@@H](C)NC(=O)[C@H](N)CC(=O)O. The lowest BCUT2D eigenvalue weighted by Gasteiger charge is -2.15. The molecule has 0 radical (unpaired) electrons. The van der Waals surface area contributed by atoms with Gasteiger partial charge in [0.1, 0.15) is 6.04 Å². The molecule has 92 valence electrons. The topological polar surface area (TPSA) is 119 Å². The summed E-state index contributed by atoms with van der Waals surface area (Å²) in [7, 11) is 0. The number of carbonyl (C=O) groups is 3. The molecule has 0 aliphatic rings. The summed E-state index contributed by atoms with van der Waals surface area (Å²) in [5.41, 5.74) is 5.30. The molecule has 2 atom stereocenters. The number of carbonyl (C=O) groups excluding carboxylic acids is 2. The van der Waals surface area contributed by atoms with Crippen LogP contribution in [0.3, 0.4) is 0 Å². The average Bonchev–Trinajstić information content (AvgIpc) is 2.16. The minimum atomic E-state index is -1.17. The zero-order valence-corrected chi connectivity index (χ0v) is 9.23. The predicted molar refractivity (Wildman–Crippen MR) is 54.5 cm³/mol. The van der Waals surface area contributed by atoms with Crippen molar-refractivity contribution in [2.45, 2.75) is 32.4 Å². The fraction of sp³-hybridized carbons (Fsp3) is 0.667. The van der Waals surface area contributed by atoms with Gasteiger partial charge in [-0.15, -0.1) is 0 Å². The molecule has 16 heavy (non-hydrogen) atoms. The van der Waals surface area contributed by atoms with E-state index in [1.807, 2.05) is 0 Å². The van der Waals surface area contributed by atoms with Gasteiger partial charge in [-0.3, -0.25) is 9.59 Å². The molecule has 1 amide bonds. The van der Waals surface area contributed by atoms with Gasteiger partial charge in [-0.25, -0.2) is 4.79 Å². The van der Waals surface area contributed by atoms with Crippen molar-refractivity contribution in [3.8, 4) is 0 Å². The third-order valence-electron chi connectivity index (χ3n) is 1.73. The molecule has 0 bridgehead atoms. The van der Waals surface area contributed by atoms with Gasteiger partial charge in [0, 0.05) is 0 Å². The fourth-order valence-electron chi connectivity index (χ4n) is 0.927. The van der Waals surface area contributed by atoms with E-state index in [4.69, 9.17) is 10.8 Å². The molecule has 0 aromatic rings. The zero-order chi connectivity index (χ0) is 12.7. The molecule has 0 rings (SSSR count). The maximum atomic E-state index is 11.3. The lowest BCUT2D eigenvalue weighted by atomic mass is 10.2. The number of carboxylic acids is 1. The third kappa shape index (κ3) is 5.30. The molecule has 0 aliphatic carbocycles. The number of amides is 1. The largest absolute Gasteiger partial charge is 0.481 e. The van der Waals surface area contributed by atoms with Crippen LogP contribution in [0.2, 0.25) is 0 Å². The van der Waals surface area contributed by atoms with Crippen LogP contribution in [0.15, 0.2) is 0 Å². The highest BCUT2D eigenvalue weighted by Crippen LogP contribution is 1.92. The lowest BCUT2D eigenvalue weighted by molar-refractivity contribution is -0.147. The molecule has 0 saturated heterocycles. The Balaban J connectivity index is 4.12. The number of carboxylic acid groups (broad SMARTS) is 1. The number of esters is 1. The van der Waals surface area contributed by atoms with Gasteiger partial charge in [0.2, 0.25) is 5.91 Å².